The second-order valence-electron chi connectivity index (χ2n) is 6.26. The van der Waals surface area contributed by atoms with E-state index in [1.54, 1.807) is 6.92 Å². The monoisotopic (exact) mass is 295 g/mol. The van der Waals surface area contributed by atoms with Gasteiger partial charge in [0.2, 0.25) is 0 Å². The van der Waals surface area contributed by atoms with Crippen molar-refractivity contribution in [3.05, 3.63) is 30.1 Å². The Morgan fingerprint density at radius 1 is 1.24 bits per heavy atom. The van der Waals surface area contributed by atoms with Crippen LogP contribution in [0.15, 0.2) is 24.3 Å². The summed E-state index contributed by atoms with van der Waals surface area (Å²) in [6.07, 6.45) is 0.927. The standard InChI is InChI=1S/C17H26FNO2/c1-12(2)10-11-19-16(20)17(5,13(3)4)21-15-8-6-14(18)7-9-15/h6-9,12-13H,10-11H2,1-5H3,(H,19,20). The molecule has 0 fully saturated rings. The molecule has 0 radical (unpaired) electrons. The number of amides is 1. The minimum Gasteiger partial charge on any atom is -0.477 e. The number of ether oxygens (including phenoxy) is 1. The molecule has 0 saturated carbocycles. The first kappa shape index (κ1) is 17.5. The van der Waals surface area contributed by atoms with Crippen LogP contribution < -0.4 is 10.1 Å². The van der Waals surface area contributed by atoms with Crippen molar-refractivity contribution in [2.45, 2.75) is 46.6 Å². The van der Waals surface area contributed by atoms with Crippen LogP contribution in [0.2, 0.25) is 0 Å². The number of halogens is 1. The van der Waals surface area contributed by atoms with E-state index in [4.69, 9.17) is 4.74 Å². The van der Waals surface area contributed by atoms with Crippen LogP contribution in [0.3, 0.4) is 0 Å². The maximum atomic E-state index is 12.9. The molecule has 4 heteroatoms. The number of carbonyl (C=O) groups excluding carboxylic acids is 1. The van der Waals surface area contributed by atoms with Gasteiger partial charge in [-0.3, -0.25) is 4.79 Å². The van der Waals surface area contributed by atoms with Gasteiger partial charge in [0.25, 0.3) is 5.91 Å². The zero-order valence-corrected chi connectivity index (χ0v) is 13.6. The molecular formula is C17H26FNO2. The maximum absolute atomic E-state index is 12.9. The SMILES string of the molecule is CC(C)CCNC(=O)C(C)(Oc1ccc(F)cc1)C(C)C. The van der Waals surface area contributed by atoms with Crippen molar-refractivity contribution in [1.29, 1.82) is 0 Å². The average Bonchev–Trinajstić information content (AvgIpc) is 2.40. The largest absolute Gasteiger partial charge is 0.477 e. The Balaban J connectivity index is 2.77. The highest BCUT2D eigenvalue weighted by Crippen LogP contribution is 2.25. The molecule has 0 aliphatic carbocycles. The molecule has 1 aromatic carbocycles. The van der Waals surface area contributed by atoms with E-state index in [0.29, 0.717) is 18.2 Å². The predicted molar refractivity (Wildman–Crippen MR) is 82.7 cm³/mol. The lowest BCUT2D eigenvalue weighted by Crippen LogP contribution is -2.52. The number of hydrogen-bond acceptors (Lipinski definition) is 2. The fourth-order valence-corrected chi connectivity index (χ4v) is 1.82. The second kappa shape index (κ2) is 7.43. The summed E-state index contributed by atoms with van der Waals surface area (Å²) in [5, 5.41) is 2.93. The lowest BCUT2D eigenvalue weighted by atomic mass is 9.91. The van der Waals surface area contributed by atoms with Crippen molar-refractivity contribution < 1.29 is 13.9 Å². The molecule has 0 spiro atoms. The smallest absolute Gasteiger partial charge is 0.264 e. The van der Waals surface area contributed by atoms with Gasteiger partial charge in [0.15, 0.2) is 5.60 Å². The molecule has 21 heavy (non-hydrogen) atoms. The molecule has 118 valence electrons. The van der Waals surface area contributed by atoms with Crippen LogP contribution in [0, 0.1) is 17.7 Å². The van der Waals surface area contributed by atoms with E-state index < -0.39 is 5.60 Å². The van der Waals surface area contributed by atoms with Crippen LogP contribution in [-0.4, -0.2) is 18.1 Å². The topological polar surface area (TPSA) is 38.3 Å². The van der Waals surface area contributed by atoms with Gasteiger partial charge >= 0.3 is 0 Å². The van der Waals surface area contributed by atoms with Crippen LogP contribution in [0.4, 0.5) is 4.39 Å². The Morgan fingerprint density at radius 2 is 1.81 bits per heavy atom. The van der Waals surface area contributed by atoms with Crippen molar-refractivity contribution in [2.24, 2.45) is 11.8 Å². The summed E-state index contributed by atoms with van der Waals surface area (Å²) >= 11 is 0. The van der Waals surface area contributed by atoms with E-state index in [0.717, 1.165) is 6.42 Å². The predicted octanol–water partition coefficient (Wildman–Crippen LogP) is 3.78. The summed E-state index contributed by atoms with van der Waals surface area (Å²) in [4.78, 5) is 12.4. The molecule has 0 heterocycles. The van der Waals surface area contributed by atoms with Gasteiger partial charge in [0, 0.05) is 12.5 Å². The van der Waals surface area contributed by atoms with Gasteiger partial charge in [-0.2, -0.15) is 0 Å². The van der Waals surface area contributed by atoms with E-state index in [1.165, 1.54) is 24.3 Å². The van der Waals surface area contributed by atoms with Crippen molar-refractivity contribution in [1.82, 2.24) is 5.32 Å². The fraction of sp³-hybridized carbons (Fsp3) is 0.588. The maximum Gasteiger partial charge on any atom is 0.264 e. The first-order valence-corrected chi connectivity index (χ1v) is 7.48. The Bertz CT molecular complexity index is 456. The Hall–Kier alpha value is -1.58. The van der Waals surface area contributed by atoms with Crippen LogP contribution >= 0.6 is 0 Å². The molecule has 0 aliphatic heterocycles. The number of rotatable bonds is 7. The Morgan fingerprint density at radius 3 is 2.29 bits per heavy atom. The highest BCUT2D eigenvalue weighted by atomic mass is 19.1. The third-order valence-electron chi connectivity index (χ3n) is 3.70. The number of benzene rings is 1. The third-order valence-corrected chi connectivity index (χ3v) is 3.70. The molecule has 0 bridgehead atoms. The number of hydrogen-bond donors (Lipinski definition) is 1. The summed E-state index contributed by atoms with van der Waals surface area (Å²) in [5.41, 5.74) is -0.977. The fourth-order valence-electron chi connectivity index (χ4n) is 1.82. The molecule has 1 N–H and O–H groups in total. The average molecular weight is 295 g/mol. The normalized spacial score (nSPS) is 14.1. The lowest BCUT2D eigenvalue weighted by molar-refractivity contribution is -0.139. The molecule has 1 unspecified atom stereocenters. The summed E-state index contributed by atoms with van der Waals surface area (Å²) in [7, 11) is 0. The summed E-state index contributed by atoms with van der Waals surface area (Å²) < 4.78 is 18.8. The summed E-state index contributed by atoms with van der Waals surface area (Å²) in [6.45, 7) is 10.5. The minimum atomic E-state index is -0.977. The van der Waals surface area contributed by atoms with Gasteiger partial charge in [-0.15, -0.1) is 0 Å². The molecule has 1 rings (SSSR count). The van der Waals surface area contributed by atoms with Gasteiger partial charge in [0.05, 0.1) is 0 Å². The van der Waals surface area contributed by atoms with Gasteiger partial charge in [-0.25, -0.2) is 4.39 Å². The zero-order chi connectivity index (χ0) is 16.0. The number of nitrogens with one attached hydrogen (secondary N) is 1. The van der Waals surface area contributed by atoms with Crippen molar-refractivity contribution in [3.63, 3.8) is 0 Å². The molecule has 1 atom stereocenters. The van der Waals surface area contributed by atoms with Gasteiger partial charge in [-0.05, 0) is 43.5 Å². The zero-order valence-electron chi connectivity index (χ0n) is 13.6. The van der Waals surface area contributed by atoms with Gasteiger partial charge in [-0.1, -0.05) is 27.7 Å². The molecule has 0 saturated heterocycles. The molecule has 0 aliphatic rings. The van der Waals surface area contributed by atoms with Gasteiger partial charge < -0.3 is 10.1 Å². The van der Waals surface area contributed by atoms with E-state index in [1.807, 2.05) is 13.8 Å². The van der Waals surface area contributed by atoms with Crippen LogP contribution in [-0.2, 0) is 4.79 Å². The molecule has 0 aromatic heterocycles. The van der Waals surface area contributed by atoms with Crippen LogP contribution in [0.5, 0.6) is 5.75 Å². The molecule has 3 nitrogen and oxygen atoms in total. The second-order valence-corrected chi connectivity index (χ2v) is 6.26. The van der Waals surface area contributed by atoms with E-state index >= 15 is 0 Å². The summed E-state index contributed by atoms with van der Waals surface area (Å²) in [6, 6.07) is 5.73. The van der Waals surface area contributed by atoms with E-state index in [2.05, 4.69) is 19.2 Å². The summed E-state index contributed by atoms with van der Waals surface area (Å²) in [5.74, 6) is 0.555. The first-order valence-electron chi connectivity index (χ1n) is 7.48. The Labute approximate surface area is 126 Å². The first-order chi connectivity index (χ1) is 9.75. The minimum absolute atomic E-state index is 0.0124. The molecular weight excluding hydrogens is 269 g/mol. The van der Waals surface area contributed by atoms with Crippen molar-refractivity contribution in [2.75, 3.05) is 6.54 Å². The number of carbonyl (C=O) groups is 1. The van der Waals surface area contributed by atoms with Crippen molar-refractivity contribution >= 4 is 5.91 Å². The Kier molecular flexibility index (Phi) is 6.19. The van der Waals surface area contributed by atoms with Gasteiger partial charge in [0.1, 0.15) is 11.6 Å². The third kappa shape index (κ3) is 5.03. The van der Waals surface area contributed by atoms with Crippen LogP contribution in [0.25, 0.3) is 0 Å². The molecule has 1 aromatic rings. The van der Waals surface area contributed by atoms with Crippen LogP contribution in [0.1, 0.15) is 41.0 Å². The molecule has 1 amide bonds. The lowest BCUT2D eigenvalue weighted by Gasteiger charge is -2.33. The highest BCUT2D eigenvalue weighted by Gasteiger charge is 2.39. The van der Waals surface area contributed by atoms with Crippen molar-refractivity contribution in [3.8, 4) is 5.75 Å². The highest BCUT2D eigenvalue weighted by molar-refractivity contribution is 5.85. The van der Waals surface area contributed by atoms with E-state index in [9.17, 15) is 9.18 Å². The van der Waals surface area contributed by atoms with E-state index in [-0.39, 0.29) is 17.6 Å². The quantitative estimate of drug-likeness (QED) is 0.831.